The van der Waals surface area contributed by atoms with Crippen LogP contribution in [-0.2, 0) is 10.0 Å². The molecule has 4 unspecified atom stereocenters. The van der Waals surface area contributed by atoms with Gasteiger partial charge in [-0.15, -0.1) is 0 Å². The maximum absolute atomic E-state index is 7.61. The second kappa shape index (κ2) is 15.6. The zero-order valence-electron chi connectivity index (χ0n) is 34.8. The quantitative estimate of drug-likeness (QED) is 0.124. The van der Waals surface area contributed by atoms with E-state index in [0.29, 0.717) is 23.3 Å². The molecule has 4 aromatic carbocycles. The summed E-state index contributed by atoms with van der Waals surface area (Å²) in [5.74, 6) is 1.50. The molecule has 0 N–H and O–H groups in total. The predicted octanol–water partition coefficient (Wildman–Crippen LogP) is 12.2. The second-order valence-electron chi connectivity index (χ2n) is 19.7. The van der Waals surface area contributed by atoms with Crippen LogP contribution in [0.15, 0.2) is 121 Å². The maximum Gasteiger partial charge on any atom is 0.168 e. The third-order valence-corrected chi connectivity index (χ3v) is 22.3. The Morgan fingerprint density at radius 1 is 0.654 bits per heavy atom. The van der Waals surface area contributed by atoms with Crippen LogP contribution in [0.1, 0.15) is 120 Å². The van der Waals surface area contributed by atoms with Crippen LogP contribution in [0.4, 0.5) is 0 Å². The highest BCUT2D eigenvalue weighted by atomic mass is 28.3. The van der Waals surface area contributed by atoms with E-state index in [4.69, 9.17) is 4.43 Å². The summed E-state index contributed by atoms with van der Waals surface area (Å²) >= 11 is 0. The number of hydrogen-bond donors (Lipinski definition) is 0. The predicted molar refractivity (Wildman–Crippen MR) is 232 cm³/mol. The van der Waals surface area contributed by atoms with E-state index in [9.17, 15) is 0 Å². The number of hydrogen-bond acceptors (Lipinski definition) is 1. The number of rotatable bonds is 13. The van der Waals surface area contributed by atoms with Gasteiger partial charge in [-0.25, -0.2) is 0 Å². The SMILES string of the molecule is CC(C)C(CCC(C)C1(C)CCC(C(O[SiH2]C(C)(C)C)(c2ccccc2)c2ccccc2)C1(C)C)[Si](c1ccccc1)(c1ccccc1)C(C)(C)C. The van der Waals surface area contributed by atoms with Gasteiger partial charge < -0.3 is 4.43 Å². The summed E-state index contributed by atoms with van der Waals surface area (Å²) in [5.41, 5.74) is 2.97. The van der Waals surface area contributed by atoms with Crippen LogP contribution in [0.5, 0.6) is 0 Å². The van der Waals surface area contributed by atoms with Crippen molar-refractivity contribution in [3.8, 4) is 0 Å². The standard InChI is InChI=1S/C49H70OSi2/c1-37(2)43(52(46(7,8)9,41-29-21-15-22-30-41)42-31-23-16-24-32-42)34-33-38(3)48(12)36-35-44(47(48,10)11)49(50-51-45(4,5)6,39-25-17-13-18-26-39)40-27-19-14-20-28-40/h13-32,37-38,43-44H,33-36,51H2,1-12H3. The molecule has 1 aliphatic carbocycles. The molecular weight excluding hydrogens is 661 g/mol. The van der Waals surface area contributed by atoms with Crippen molar-refractivity contribution in [2.45, 2.75) is 130 Å². The van der Waals surface area contributed by atoms with Gasteiger partial charge in [-0.1, -0.05) is 228 Å². The lowest BCUT2D eigenvalue weighted by Gasteiger charge is -2.54. The van der Waals surface area contributed by atoms with Crippen molar-refractivity contribution in [2.75, 3.05) is 0 Å². The molecule has 5 rings (SSSR count). The first-order chi connectivity index (χ1) is 24.4. The molecule has 0 aromatic heterocycles. The van der Waals surface area contributed by atoms with E-state index in [-0.39, 0.29) is 20.9 Å². The van der Waals surface area contributed by atoms with E-state index in [1.54, 1.807) is 10.4 Å². The van der Waals surface area contributed by atoms with Gasteiger partial charge in [-0.3, -0.25) is 0 Å². The Hall–Kier alpha value is -2.73. The lowest BCUT2D eigenvalue weighted by atomic mass is 9.55. The van der Waals surface area contributed by atoms with Crippen molar-refractivity contribution >= 4 is 28.2 Å². The van der Waals surface area contributed by atoms with E-state index in [1.165, 1.54) is 36.8 Å². The summed E-state index contributed by atoms with van der Waals surface area (Å²) in [6.07, 6.45) is 4.87. The van der Waals surface area contributed by atoms with Crippen molar-refractivity contribution in [3.05, 3.63) is 132 Å². The highest BCUT2D eigenvalue weighted by Gasteiger charge is 2.62. The Bertz CT molecular complexity index is 1610. The molecule has 4 atom stereocenters. The van der Waals surface area contributed by atoms with Crippen LogP contribution in [-0.4, -0.2) is 17.8 Å². The zero-order chi connectivity index (χ0) is 38.0. The molecule has 52 heavy (non-hydrogen) atoms. The Balaban J connectivity index is 1.57. The van der Waals surface area contributed by atoms with Crippen LogP contribution in [0.2, 0.25) is 15.6 Å². The second-order valence-corrected chi connectivity index (χ2v) is 27.4. The minimum Gasteiger partial charge on any atom is -0.410 e. The van der Waals surface area contributed by atoms with Gasteiger partial charge in [-0.2, -0.15) is 0 Å². The Morgan fingerprint density at radius 3 is 1.46 bits per heavy atom. The van der Waals surface area contributed by atoms with Crippen LogP contribution >= 0.6 is 0 Å². The molecule has 1 nitrogen and oxygen atoms in total. The molecule has 0 radical (unpaired) electrons. The van der Waals surface area contributed by atoms with Gasteiger partial charge >= 0.3 is 0 Å². The van der Waals surface area contributed by atoms with Gasteiger partial charge in [0.15, 0.2) is 9.76 Å². The fourth-order valence-corrected chi connectivity index (χ4v) is 19.1. The van der Waals surface area contributed by atoms with Gasteiger partial charge in [0, 0.05) is 5.92 Å². The van der Waals surface area contributed by atoms with Gasteiger partial charge in [0.25, 0.3) is 0 Å². The summed E-state index contributed by atoms with van der Waals surface area (Å²) in [5, 5.41) is 3.50. The van der Waals surface area contributed by atoms with Gasteiger partial charge in [0.2, 0.25) is 0 Å². The van der Waals surface area contributed by atoms with Crippen LogP contribution in [0.3, 0.4) is 0 Å². The third kappa shape index (κ3) is 7.36. The average molecular weight is 731 g/mol. The largest absolute Gasteiger partial charge is 0.410 e. The Labute approximate surface area is 322 Å². The molecule has 0 bridgehead atoms. The highest BCUT2D eigenvalue weighted by molar-refractivity contribution is 7.05. The van der Waals surface area contributed by atoms with Crippen molar-refractivity contribution in [1.29, 1.82) is 0 Å². The first-order valence-corrected chi connectivity index (χ1v) is 23.6. The molecule has 0 saturated heterocycles. The Kier molecular flexibility index (Phi) is 12.1. The molecule has 4 aromatic rings. The van der Waals surface area contributed by atoms with Crippen molar-refractivity contribution in [3.63, 3.8) is 0 Å². The van der Waals surface area contributed by atoms with Crippen molar-refractivity contribution in [2.24, 2.45) is 28.6 Å². The first-order valence-electron chi connectivity index (χ1n) is 20.3. The van der Waals surface area contributed by atoms with Gasteiger partial charge in [-0.05, 0) is 62.3 Å². The van der Waals surface area contributed by atoms with E-state index in [2.05, 4.69) is 204 Å². The number of benzene rings is 4. The summed E-state index contributed by atoms with van der Waals surface area (Å²) in [6, 6.07) is 45.9. The minimum atomic E-state index is -2.28. The molecule has 0 aliphatic heterocycles. The molecule has 280 valence electrons. The van der Waals surface area contributed by atoms with Crippen LogP contribution in [0.25, 0.3) is 0 Å². The van der Waals surface area contributed by atoms with Crippen molar-refractivity contribution < 1.29 is 4.43 Å². The van der Waals surface area contributed by atoms with E-state index in [1.807, 2.05) is 0 Å². The molecule has 1 aliphatic rings. The zero-order valence-corrected chi connectivity index (χ0v) is 37.2. The fourth-order valence-electron chi connectivity index (χ4n) is 10.9. The summed E-state index contributed by atoms with van der Waals surface area (Å²) in [4.78, 5) is 0. The van der Waals surface area contributed by atoms with Crippen LogP contribution < -0.4 is 10.4 Å². The maximum atomic E-state index is 7.61. The lowest BCUT2D eigenvalue weighted by molar-refractivity contribution is -0.0546. The molecule has 0 heterocycles. The van der Waals surface area contributed by atoms with E-state index < -0.39 is 23.4 Å². The molecule has 3 heteroatoms. The normalized spacial score (nSPS) is 21.1. The van der Waals surface area contributed by atoms with Gasteiger partial charge in [0.1, 0.15) is 13.7 Å². The monoisotopic (exact) mass is 730 g/mol. The smallest absolute Gasteiger partial charge is 0.168 e. The van der Waals surface area contributed by atoms with E-state index in [0.717, 1.165) is 0 Å². The summed E-state index contributed by atoms with van der Waals surface area (Å²) in [7, 11) is -3.17. The molecule has 0 amide bonds. The van der Waals surface area contributed by atoms with Crippen molar-refractivity contribution in [1.82, 2.24) is 0 Å². The summed E-state index contributed by atoms with van der Waals surface area (Å²) in [6.45, 7) is 30.2. The topological polar surface area (TPSA) is 9.23 Å². The van der Waals surface area contributed by atoms with Crippen LogP contribution in [0, 0.1) is 28.6 Å². The highest BCUT2D eigenvalue weighted by Crippen LogP contribution is 2.66. The lowest BCUT2D eigenvalue weighted by Crippen LogP contribution is -2.68. The summed E-state index contributed by atoms with van der Waals surface area (Å²) < 4.78 is 7.61. The minimum absolute atomic E-state index is 0.0368. The van der Waals surface area contributed by atoms with E-state index >= 15 is 0 Å². The molecule has 1 saturated carbocycles. The molecule has 1 fully saturated rings. The third-order valence-electron chi connectivity index (χ3n) is 13.9. The van der Waals surface area contributed by atoms with Gasteiger partial charge in [0.05, 0.1) is 0 Å². The average Bonchev–Trinajstić information content (AvgIpc) is 3.36. The molecular formula is C49H70OSi2. The first kappa shape index (κ1) is 40.5. The Morgan fingerprint density at radius 2 is 1.08 bits per heavy atom. The fraction of sp³-hybridized carbons (Fsp3) is 0.510. The molecule has 0 spiro atoms.